The minimum atomic E-state index is -0.271. The molecule has 0 amide bonds. The molecule has 0 radical (unpaired) electrons. The Morgan fingerprint density at radius 1 is 0.257 bits per heavy atom. The average Bonchev–Trinajstić information content (AvgIpc) is 4.20. The number of hydrogen-bond acceptors (Lipinski definition) is 0. The average molecular weight is 955 g/mol. The maximum Gasteiger partial charge on any atom is 0.0698 e. The van der Waals surface area contributed by atoms with Crippen LogP contribution >= 0.6 is 0 Å². The molecule has 0 N–H and O–H groups in total. The molecule has 4 heteroatoms. The molecule has 0 aliphatic rings. The van der Waals surface area contributed by atoms with Gasteiger partial charge in [-0.3, -0.25) is 0 Å². The highest BCUT2D eigenvalue weighted by Gasteiger charge is 2.36. The van der Waals surface area contributed by atoms with Gasteiger partial charge in [-0.15, -0.1) is 0 Å². The number of rotatable bonds is 11. The van der Waals surface area contributed by atoms with E-state index in [0.29, 0.717) is 0 Å². The Morgan fingerprint density at radius 2 is 0.527 bits per heavy atom. The molecule has 4 nitrogen and oxygen atoms in total. The van der Waals surface area contributed by atoms with E-state index in [-0.39, 0.29) is 11.1 Å². The van der Waals surface area contributed by atoms with Gasteiger partial charge in [0.25, 0.3) is 0 Å². The SMILES string of the molecule is CCC(CC)(c1ccc2c3ccc(-c4ccc5c6ccc(C(CC)(CC)n7c8ccccc8c8ccccc87)cc6n(-c6ccccc6)c5c4)cc3n(-c3ccccc3)c2c1)n1c2ccccc2c2ccccc21. The van der Waals surface area contributed by atoms with Crippen LogP contribution in [0.5, 0.6) is 0 Å². The molecule has 4 heterocycles. The van der Waals surface area contributed by atoms with Gasteiger partial charge in [-0.25, -0.2) is 0 Å². The second-order valence-corrected chi connectivity index (χ2v) is 20.5. The van der Waals surface area contributed by atoms with Crippen LogP contribution in [0.2, 0.25) is 0 Å². The molecule has 4 aromatic heterocycles. The number of fused-ring (bicyclic) bond motifs is 12. The van der Waals surface area contributed by atoms with Gasteiger partial charge in [-0.05, 0) is 121 Å². The molecule has 0 unspecified atom stereocenters. The van der Waals surface area contributed by atoms with E-state index >= 15 is 0 Å². The Balaban J connectivity index is 0.962. The molecule has 0 aliphatic carbocycles. The van der Waals surface area contributed by atoms with Gasteiger partial charge in [0.2, 0.25) is 0 Å². The lowest BCUT2D eigenvalue weighted by molar-refractivity contribution is 0.349. The standard InChI is InChI=1S/C70H58N4/c1-5-69(6-2,73-61-31-19-15-27-53(61)54-28-16-20-32-62(54)73)49-37-41-59-57-39-35-47(43-65(57)71(67(59)45-49)51-23-11-9-12-24-51)48-36-40-58-60-42-38-50(46-68(60)72(66(58)44-48)52-25-13-10-14-26-52)70(7-3,8-4)74-63-33-21-17-29-55(63)56-30-18-22-34-64(56)74/h9-46H,5-8H2,1-4H3. The molecule has 0 aliphatic heterocycles. The smallest absolute Gasteiger partial charge is 0.0698 e. The van der Waals surface area contributed by atoms with Crippen LogP contribution < -0.4 is 0 Å². The van der Waals surface area contributed by atoms with Gasteiger partial charge in [-0.2, -0.15) is 0 Å². The van der Waals surface area contributed by atoms with Crippen LogP contribution in [0.4, 0.5) is 0 Å². The third-order valence-electron chi connectivity index (χ3n) is 17.3. The fraction of sp³-hybridized carbons (Fsp3) is 0.143. The first-order chi connectivity index (χ1) is 36.5. The van der Waals surface area contributed by atoms with E-state index in [1.54, 1.807) is 0 Å². The van der Waals surface area contributed by atoms with Crippen molar-refractivity contribution in [2.75, 3.05) is 0 Å². The molecule has 0 spiro atoms. The van der Waals surface area contributed by atoms with Gasteiger partial charge in [0.15, 0.2) is 0 Å². The van der Waals surface area contributed by atoms with Gasteiger partial charge < -0.3 is 18.3 Å². The van der Waals surface area contributed by atoms with E-state index in [2.05, 4.69) is 276 Å². The minimum absolute atomic E-state index is 0.271. The van der Waals surface area contributed by atoms with Crippen molar-refractivity contribution in [2.45, 2.75) is 64.5 Å². The molecule has 0 fully saturated rings. The lowest BCUT2D eigenvalue weighted by Crippen LogP contribution is -2.33. The Hall–Kier alpha value is -8.60. The third kappa shape index (κ3) is 6.21. The highest BCUT2D eigenvalue weighted by Crippen LogP contribution is 2.47. The van der Waals surface area contributed by atoms with Gasteiger partial charge in [0.1, 0.15) is 0 Å². The fourth-order valence-electron chi connectivity index (χ4n) is 13.7. The molecule has 0 atom stereocenters. The summed E-state index contributed by atoms with van der Waals surface area (Å²) in [6.07, 6.45) is 3.82. The van der Waals surface area contributed by atoms with Gasteiger partial charge in [0, 0.05) is 76.5 Å². The van der Waals surface area contributed by atoms with Crippen molar-refractivity contribution >= 4 is 87.2 Å². The minimum Gasteiger partial charge on any atom is -0.330 e. The molecule has 10 aromatic carbocycles. The number of para-hydroxylation sites is 6. The summed E-state index contributed by atoms with van der Waals surface area (Å²) < 4.78 is 10.3. The molecule has 14 aromatic rings. The van der Waals surface area contributed by atoms with Gasteiger partial charge in [0.05, 0.1) is 33.1 Å². The summed E-state index contributed by atoms with van der Waals surface area (Å²) in [6.45, 7) is 9.44. The molecule has 0 saturated heterocycles. The first-order valence-electron chi connectivity index (χ1n) is 26.8. The highest BCUT2D eigenvalue weighted by molar-refractivity contribution is 6.14. The second kappa shape index (κ2) is 17.0. The molecule has 74 heavy (non-hydrogen) atoms. The number of aromatic nitrogens is 4. The lowest BCUT2D eigenvalue weighted by atomic mass is 9.83. The van der Waals surface area contributed by atoms with Crippen LogP contribution in [0.3, 0.4) is 0 Å². The Morgan fingerprint density at radius 3 is 0.851 bits per heavy atom. The van der Waals surface area contributed by atoms with Crippen molar-refractivity contribution in [1.29, 1.82) is 0 Å². The van der Waals surface area contributed by atoms with Gasteiger partial charge in [-0.1, -0.05) is 185 Å². The first-order valence-corrected chi connectivity index (χ1v) is 26.8. The molecule has 14 rings (SSSR count). The summed E-state index contributed by atoms with van der Waals surface area (Å²) in [6, 6.07) is 86.6. The van der Waals surface area contributed by atoms with Gasteiger partial charge >= 0.3 is 0 Å². The highest BCUT2D eigenvalue weighted by atomic mass is 15.1. The normalized spacial score (nSPS) is 12.5. The van der Waals surface area contributed by atoms with E-state index in [1.165, 1.54) is 109 Å². The maximum atomic E-state index is 2.65. The quantitative estimate of drug-likeness (QED) is 0.123. The fourth-order valence-corrected chi connectivity index (χ4v) is 13.7. The summed E-state index contributed by atoms with van der Waals surface area (Å²) in [4.78, 5) is 0. The maximum absolute atomic E-state index is 2.65. The molecular formula is C70H58N4. The summed E-state index contributed by atoms with van der Waals surface area (Å²) in [5.41, 5.74) is 16.8. The Bertz CT molecular complexity index is 4080. The van der Waals surface area contributed by atoms with Crippen LogP contribution in [0.1, 0.15) is 64.5 Å². The van der Waals surface area contributed by atoms with Crippen molar-refractivity contribution in [2.24, 2.45) is 0 Å². The third-order valence-corrected chi connectivity index (χ3v) is 17.3. The van der Waals surface area contributed by atoms with Crippen molar-refractivity contribution in [3.63, 3.8) is 0 Å². The monoisotopic (exact) mass is 954 g/mol. The number of benzene rings is 10. The topological polar surface area (TPSA) is 19.7 Å². The van der Waals surface area contributed by atoms with Crippen molar-refractivity contribution in [3.05, 3.63) is 242 Å². The molecule has 0 bridgehead atoms. The van der Waals surface area contributed by atoms with E-state index < -0.39 is 0 Å². The number of nitrogens with zero attached hydrogens (tertiary/aromatic N) is 4. The lowest BCUT2D eigenvalue weighted by Gasteiger charge is -2.36. The Labute approximate surface area is 431 Å². The summed E-state index contributed by atoms with van der Waals surface area (Å²) in [5, 5.41) is 10.2. The van der Waals surface area contributed by atoms with E-state index in [1.807, 2.05) is 0 Å². The molecular weight excluding hydrogens is 897 g/mol. The summed E-state index contributed by atoms with van der Waals surface area (Å²) in [7, 11) is 0. The van der Waals surface area contributed by atoms with Crippen LogP contribution in [-0.4, -0.2) is 18.3 Å². The molecule has 0 saturated carbocycles. The van der Waals surface area contributed by atoms with Crippen LogP contribution in [0.15, 0.2) is 231 Å². The zero-order chi connectivity index (χ0) is 49.7. The van der Waals surface area contributed by atoms with Crippen molar-refractivity contribution in [3.8, 4) is 22.5 Å². The zero-order valence-corrected chi connectivity index (χ0v) is 42.6. The first kappa shape index (κ1) is 44.1. The number of hydrogen-bond donors (Lipinski definition) is 0. The predicted octanol–water partition coefficient (Wildman–Crippen LogP) is 18.9. The summed E-state index contributed by atoms with van der Waals surface area (Å²) in [5.74, 6) is 0. The van der Waals surface area contributed by atoms with E-state index in [0.717, 1.165) is 37.1 Å². The van der Waals surface area contributed by atoms with E-state index in [4.69, 9.17) is 0 Å². The summed E-state index contributed by atoms with van der Waals surface area (Å²) >= 11 is 0. The Kier molecular flexibility index (Phi) is 10.1. The second-order valence-electron chi connectivity index (χ2n) is 20.5. The molecule has 358 valence electrons. The van der Waals surface area contributed by atoms with Crippen molar-refractivity contribution < 1.29 is 0 Å². The zero-order valence-electron chi connectivity index (χ0n) is 42.6. The van der Waals surface area contributed by atoms with Crippen LogP contribution in [0.25, 0.3) is 110 Å². The van der Waals surface area contributed by atoms with E-state index in [9.17, 15) is 0 Å². The van der Waals surface area contributed by atoms with Crippen LogP contribution in [0, 0.1) is 0 Å². The largest absolute Gasteiger partial charge is 0.330 e. The van der Waals surface area contributed by atoms with Crippen LogP contribution in [-0.2, 0) is 11.1 Å². The van der Waals surface area contributed by atoms with Crippen molar-refractivity contribution in [1.82, 2.24) is 18.3 Å². The predicted molar refractivity (Wildman–Crippen MR) is 315 cm³/mol.